The Balaban J connectivity index is 1.24. The van der Waals surface area contributed by atoms with Crippen LogP contribution in [0.15, 0.2) is 84.9 Å². The smallest absolute Gasteiger partial charge is 0.410 e. The molecule has 0 spiro atoms. The Labute approximate surface area is 289 Å². The molecule has 4 aromatic rings. The van der Waals surface area contributed by atoms with Crippen molar-refractivity contribution in [3.8, 4) is 11.5 Å². The Morgan fingerprint density at radius 2 is 1.71 bits per heavy atom. The molecule has 1 saturated heterocycles. The average molecular weight is 669 g/mol. The zero-order chi connectivity index (χ0) is 34.8. The van der Waals surface area contributed by atoms with Gasteiger partial charge in [0.15, 0.2) is 0 Å². The number of ether oxygens (including phenoxy) is 5. The molecule has 1 aliphatic heterocycles. The van der Waals surface area contributed by atoms with Gasteiger partial charge in [-0.3, -0.25) is 4.90 Å². The van der Waals surface area contributed by atoms with Gasteiger partial charge in [-0.25, -0.2) is 9.59 Å². The number of nitrogens with zero attached hydrogens (tertiary/aromatic N) is 1. The lowest BCUT2D eigenvalue weighted by molar-refractivity contribution is 0.00380. The zero-order valence-corrected chi connectivity index (χ0v) is 29.2. The van der Waals surface area contributed by atoms with Gasteiger partial charge in [-0.1, -0.05) is 54.6 Å². The molecule has 0 bridgehead atoms. The van der Waals surface area contributed by atoms with Crippen LogP contribution in [0.4, 0.5) is 4.79 Å². The van der Waals surface area contributed by atoms with Crippen LogP contribution in [0.1, 0.15) is 73.1 Å². The molecule has 0 aromatic heterocycles. The molecule has 5 rings (SSSR count). The van der Waals surface area contributed by atoms with Gasteiger partial charge in [0, 0.05) is 31.1 Å². The number of carbonyl (C=O) groups excluding carboxylic acids is 2. The predicted octanol–water partition coefficient (Wildman–Crippen LogP) is 7.85. The fourth-order valence-electron chi connectivity index (χ4n) is 6.24. The minimum absolute atomic E-state index is 0.00877. The molecule has 260 valence electrons. The van der Waals surface area contributed by atoms with Crippen LogP contribution >= 0.6 is 0 Å². The highest BCUT2D eigenvalue weighted by molar-refractivity contribution is 6.04. The van der Waals surface area contributed by atoms with Crippen molar-refractivity contribution in [3.05, 3.63) is 107 Å². The van der Waals surface area contributed by atoms with Crippen LogP contribution in [0.2, 0.25) is 0 Å². The number of likely N-dealkylation sites (tertiary alicyclic amines) is 1. The summed E-state index contributed by atoms with van der Waals surface area (Å²) in [6.07, 6.45) is 2.18. The number of carbonyl (C=O) groups is 2. The van der Waals surface area contributed by atoms with Crippen molar-refractivity contribution in [2.45, 2.75) is 70.9 Å². The highest BCUT2D eigenvalue weighted by Crippen LogP contribution is 2.34. The minimum Gasteiger partial charge on any atom is -0.496 e. The Morgan fingerprint density at radius 1 is 0.918 bits per heavy atom. The lowest BCUT2D eigenvalue weighted by atomic mass is 9.90. The average Bonchev–Trinajstić information content (AvgIpc) is 3.11. The van der Waals surface area contributed by atoms with Gasteiger partial charge in [-0.05, 0) is 85.8 Å². The molecule has 2 unspecified atom stereocenters. The van der Waals surface area contributed by atoms with Crippen LogP contribution in [0.3, 0.4) is 0 Å². The van der Waals surface area contributed by atoms with Gasteiger partial charge in [-0.2, -0.15) is 0 Å². The first-order valence-corrected chi connectivity index (χ1v) is 16.9. The molecule has 1 amide bonds. The van der Waals surface area contributed by atoms with E-state index >= 15 is 0 Å². The van der Waals surface area contributed by atoms with Gasteiger partial charge < -0.3 is 29.0 Å². The van der Waals surface area contributed by atoms with E-state index in [1.54, 1.807) is 13.2 Å². The summed E-state index contributed by atoms with van der Waals surface area (Å²) in [5.41, 5.74) is 3.05. The topological polar surface area (TPSA) is 95.6 Å². The molecule has 0 saturated carbocycles. The third kappa shape index (κ3) is 9.52. The summed E-state index contributed by atoms with van der Waals surface area (Å²) in [6.45, 7) is 8.46. The van der Waals surface area contributed by atoms with E-state index in [1.165, 1.54) is 7.11 Å². The van der Waals surface area contributed by atoms with E-state index in [9.17, 15) is 9.59 Å². The van der Waals surface area contributed by atoms with E-state index in [0.717, 1.165) is 58.2 Å². The normalized spacial score (nSPS) is 16.3. The number of rotatable bonds is 13. The quantitative estimate of drug-likeness (QED) is 0.114. The number of piperidine rings is 1. The van der Waals surface area contributed by atoms with Crippen LogP contribution in [0, 0.1) is 0 Å². The summed E-state index contributed by atoms with van der Waals surface area (Å²) in [6, 6.07) is 27.3. The predicted molar refractivity (Wildman–Crippen MR) is 190 cm³/mol. The molecule has 1 N–H and O–H groups in total. The minimum atomic E-state index is -0.606. The van der Waals surface area contributed by atoms with Gasteiger partial charge in [-0.15, -0.1) is 0 Å². The fourth-order valence-corrected chi connectivity index (χ4v) is 6.24. The molecule has 49 heavy (non-hydrogen) atoms. The van der Waals surface area contributed by atoms with Crippen molar-refractivity contribution in [2.75, 3.05) is 34.0 Å². The van der Waals surface area contributed by atoms with Crippen molar-refractivity contribution < 1.29 is 33.3 Å². The second kappa shape index (κ2) is 16.7. The molecule has 1 heterocycles. The van der Waals surface area contributed by atoms with Crippen LogP contribution in [-0.4, -0.2) is 62.6 Å². The Bertz CT molecular complexity index is 1700. The van der Waals surface area contributed by atoms with E-state index in [2.05, 4.69) is 11.4 Å². The van der Waals surface area contributed by atoms with E-state index in [-0.39, 0.29) is 24.1 Å². The van der Waals surface area contributed by atoms with Crippen molar-refractivity contribution in [2.24, 2.45) is 0 Å². The van der Waals surface area contributed by atoms with Crippen molar-refractivity contribution >= 4 is 22.8 Å². The maximum Gasteiger partial charge on any atom is 0.410 e. The number of fused-ring (bicyclic) bond motifs is 1. The molecule has 1 aliphatic rings. The van der Waals surface area contributed by atoms with E-state index < -0.39 is 5.60 Å². The molecule has 9 nitrogen and oxygen atoms in total. The van der Waals surface area contributed by atoms with Crippen LogP contribution in [0.25, 0.3) is 10.8 Å². The van der Waals surface area contributed by atoms with Crippen molar-refractivity contribution in [1.82, 2.24) is 10.2 Å². The third-order valence-electron chi connectivity index (χ3n) is 8.55. The number of amides is 1. The summed E-state index contributed by atoms with van der Waals surface area (Å²) in [7, 11) is 3.05. The Morgan fingerprint density at radius 3 is 2.47 bits per heavy atom. The van der Waals surface area contributed by atoms with Gasteiger partial charge >= 0.3 is 12.1 Å². The maximum absolute atomic E-state index is 13.5. The SMILES string of the molecule is COC(=O)c1cccc2cc(CNC3CCCN(C(=O)OC(C)(C)C)C3c3ccc(OCCCOCc4ccccc4OC)cc3)ccc12. The van der Waals surface area contributed by atoms with E-state index in [0.29, 0.717) is 38.5 Å². The summed E-state index contributed by atoms with van der Waals surface area (Å²) in [5.74, 6) is 1.23. The second-order valence-electron chi connectivity index (χ2n) is 13.2. The second-order valence-corrected chi connectivity index (χ2v) is 13.2. The first-order valence-electron chi connectivity index (χ1n) is 16.9. The van der Waals surface area contributed by atoms with Gasteiger partial charge in [0.05, 0.1) is 45.6 Å². The van der Waals surface area contributed by atoms with Gasteiger partial charge in [0.1, 0.15) is 17.1 Å². The lowest BCUT2D eigenvalue weighted by Crippen LogP contribution is -2.51. The van der Waals surface area contributed by atoms with Gasteiger partial charge in [0.25, 0.3) is 0 Å². The summed E-state index contributed by atoms with van der Waals surface area (Å²) < 4.78 is 28.1. The monoisotopic (exact) mass is 668 g/mol. The van der Waals surface area contributed by atoms with E-state index in [1.807, 2.05) is 98.5 Å². The van der Waals surface area contributed by atoms with Crippen LogP contribution in [0.5, 0.6) is 11.5 Å². The molecule has 2 atom stereocenters. The lowest BCUT2D eigenvalue weighted by Gasteiger charge is -2.42. The third-order valence-corrected chi connectivity index (χ3v) is 8.55. The summed E-state index contributed by atoms with van der Waals surface area (Å²) in [4.78, 5) is 27.6. The first-order chi connectivity index (χ1) is 23.7. The number of esters is 1. The number of benzene rings is 4. The number of para-hydroxylation sites is 1. The number of hydrogen-bond donors (Lipinski definition) is 1. The van der Waals surface area contributed by atoms with Crippen LogP contribution in [-0.2, 0) is 27.4 Å². The van der Waals surface area contributed by atoms with E-state index in [4.69, 9.17) is 23.7 Å². The molecule has 1 fully saturated rings. The Kier molecular flexibility index (Phi) is 12.2. The van der Waals surface area contributed by atoms with Gasteiger partial charge in [0.2, 0.25) is 0 Å². The highest BCUT2D eigenvalue weighted by atomic mass is 16.6. The van der Waals surface area contributed by atoms with Crippen molar-refractivity contribution in [1.29, 1.82) is 0 Å². The molecule has 9 heteroatoms. The van der Waals surface area contributed by atoms with Crippen molar-refractivity contribution in [3.63, 3.8) is 0 Å². The fraction of sp³-hybridized carbons (Fsp3) is 0.400. The van der Waals surface area contributed by atoms with Crippen LogP contribution < -0.4 is 14.8 Å². The molecule has 4 aromatic carbocycles. The summed E-state index contributed by atoms with van der Waals surface area (Å²) >= 11 is 0. The number of methoxy groups -OCH3 is 2. The molecular formula is C40H48N2O7. The molecule has 0 radical (unpaired) electrons. The first kappa shape index (κ1) is 35.7. The largest absolute Gasteiger partial charge is 0.496 e. The summed E-state index contributed by atoms with van der Waals surface area (Å²) in [5, 5.41) is 5.56. The highest BCUT2D eigenvalue weighted by Gasteiger charge is 2.37. The maximum atomic E-state index is 13.5. The zero-order valence-electron chi connectivity index (χ0n) is 29.2. The molecular weight excluding hydrogens is 620 g/mol. The molecule has 0 aliphatic carbocycles. The number of hydrogen-bond acceptors (Lipinski definition) is 8. The Hall–Kier alpha value is -4.60. The standard InChI is InChI=1S/C40H48N2O7/c1-40(2,3)49-39(44)42-22-9-14-35(41-26-28-16-21-33-30(25-28)12-8-13-34(33)38(43)46-5)37(42)29-17-19-32(20-18-29)48-24-10-23-47-27-31-11-6-7-15-36(31)45-4/h6-8,11-13,15-21,25,35,37,41H,9-10,14,22-24,26-27H2,1-5H3. The number of nitrogens with one attached hydrogen (secondary N) is 1.